The van der Waals surface area contributed by atoms with Gasteiger partial charge in [0.1, 0.15) is 5.69 Å². The van der Waals surface area contributed by atoms with Gasteiger partial charge in [0.25, 0.3) is 5.91 Å². The minimum atomic E-state index is -0.0537. The van der Waals surface area contributed by atoms with E-state index in [1.54, 1.807) is 21.9 Å². The van der Waals surface area contributed by atoms with Crippen LogP contribution in [0.3, 0.4) is 0 Å². The Balaban J connectivity index is 1.79. The lowest BCUT2D eigenvalue weighted by molar-refractivity contribution is -0.128. The van der Waals surface area contributed by atoms with Crippen molar-refractivity contribution >= 4 is 23.2 Å². The minimum absolute atomic E-state index is 0.00153. The maximum atomic E-state index is 12.3. The van der Waals surface area contributed by atoms with Gasteiger partial charge in [0.05, 0.1) is 17.6 Å². The number of fused-ring (bicyclic) bond motifs is 1. The fourth-order valence-electron chi connectivity index (χ4n) is 3.02. The molecule has 1 aromatic heterocycles. The Morgan fingerprint density at radius 3 is 3.11 bits per heavy atom. The third-order valence-electron chi connectivity index (χ3n) is 3.85. The third-order valence-corrected chi connectivity index (χ3v) is 4.44. The molecule has 5 nitrogen and oxygen atoms in total. The zero-order chi connectivity index (χ0) is 13.4. The number of aromatic nitrogens is 1. The van der Waals surface area contributed by atoms with Gasteiger partial charge in [-0.3, -0.25) is 9.59 Å². The fraction of sp³-hybridized carbons (Fsp3) is 0.462. The van der Waals surface area contributed by atoms with Crippen molar-refractivity contribution in [1.29, 1.82) is 0 Å². The molecule has 2 atom stereocenters. The number of hydrogen-bond donors (Lipinski definition) is 0. The van der Waals surface area contributed by atoms with E-state index < -0.39 is 0 Å². The molecule has 0 unspecified atom stereocenters. The van der Waals surface area contributed by atoms with Gasteiger partial charge in [0.2, 0.25) is 5.91 Å². The molecule has 0 bridgehead atoms. The van der Waals surface area contributed by atoms with Crippen LogP contribution >= 0.6 is 11.3 Å². The normalized spacial score (nSPS) is 25.8. The van der Waals surface area contributed by atoms with Crippen LogP contribution < -0.4 is 0 Å². The second-order valence-electron chi connectivity index (χ2n) is 4.83. The van der Waals surface area contributed by atoms with Crippen LogP contribution in [-0.2, 0) is 4.79 Å². The van der Waals surface area contributed by atoms with Gasteiger partial charge < -0.3 is 9.80 Å². The van der Waals surface area contributed by atoms with Gasteiger partial charge in [-0.05, 0) is 6.42 Å². The Kier molecular flexibility index (Phi) is 3.10. The summed E-state index contributed by atoms with van der Waals surface area (Å²) in [6.45, 7) is 4.95. The summed E-state index contributed by atoms with van der Waals surface area (Å²) in [6, 6.07) is 0.148. The van der Waals surface area contributed by atoms with Crippen molar-refractivity contribution in [3.05, 3.63) is 29.2 Å². The number of nitrogens with zero attached hydrogens (tertiary/aromatic N) is 3. The Hall–Kier alpha value is -1.69. The summed E-state index contributed by atoms with van der Waals surface area (Å²) >= 11 is 1.41. The van der Waals surface area contributed by atoms with Crippen molar-refractivity contribution in [1.82, 2.24) is 14.8 Å². The SMILES string of the molecule is C=CCN1C(=O)C[C@H]2[C@H]1CCN2C(=O)c1cscn1. The average molecular weight is 277 g/mol. The lowest BCUT2D eigenvalue weighted by Crippen LogP contribution is -2.40. The predicted octanol–water partition coefficient (Wildman–Crippen LogP) is 1.14. The van der Waals surface area contributed by atoms with E-state index in [9.17, 15) is 9.59 Å². The molecule has 2 saturated heterocycles. The minimum Gasteiger partial charge on any atom is -0.334 e. The maximum absolute atomic E-state index is 12.3. The monoisotopic (exact) mass is 277 g/mol. The Morgan fingerprint density at radius 1 is 1.58 bits per heavy atom. The topological polar surface area (TPSA) is 53.5 Å². The van der Waals surface area contributed by atoms with E-state index in [1.807, 2.05) is 4.90 Å². The summed E-state index contributed by atoms with van der Waals surface area (Å²) in [4.78, 5) is 32.0. The molecule has 2 aliphatic rings. The molecular formula is C13H15N3O2S. The first-order chi connectivity index (χ1) is 9.22. The van der Waals surface area contributed by atoms with Crippen molar-refractivity contribution in [2.24, 2.45) is 0 Å². The Morgan fingerprint density at radius 2 is 2.42 bits per heavy atom. The summed E-state index contributed by atoms with van der Waals surface area (Å²) < 4.78 is 0. The molecule has 19 heavy (non-hydrogen) atoms. The van der Waals surface area contributed by atoms with Crippen molar-refractivity contribution in [2.45, 2.75) is 24.9 Å². The highest BCUT2D eigenvalue weighted by atomic mass is 32.1. The summed E-state index contributed by atoms with van der Waals surface area (Å²) in [6.07, 6.45) is 3.01. The molecule has 6 heteroatoms. The van der Waals surface area contributed by atoms with Crippen LogP contribution in [0, 0.1) is 0 Å². The van der Waals surface area contributed by atoms with Gasteiger partial charge in [0.15, 0.2) is 0 Å². The smallest absolute Gasteiger partial charge is 0.273 e. The number of rotatable bonds is 3. The van der Waals surface area contributed by atoms with E-state index in [0.717, 1.165) is 6.42 Å². The number of thiazole rings is 1. The lowest BCUT2D eigenvalue weighted by Gasteiger charge is -2.24. The van der Waals surface area contributed by atoms with Crippen LogP contribution in [0.2, 0.25) is 0 Å². The lowest BCUT2D eigenvalue weighted by atomic mass is 10.1. The summed E-state index contributed by atoms with van der Waals surface area (Å²) in [5.41, 5.74) is 2.14. The molecule has 0 saturated carbocycles. The van der Waals surface area contributed by atoms with Gasteiger partial charge in [0, 0.05) is 24.9 Å². The molecule has 0 N–H and O–H groups in total. The van der Waals surface area contributed by atoms with Crippen molar-refractivity contribution in [2.75, 3.05) is 13.1 Å². The number of carbonyl (C=O) groups is 2. The molecule has 0 aliphatic carbocycles. The van der Waals surface area contributed by atoms with Gasteiger partial charge in [-0.15, -0.1) is 17.9 Å². The molecule has 2 amide bonds. The van der Waals surface area contributed by atoms with Gasteiger partial charge >= 0.3 is 0 Å². The molecule has 0 spiro atoms. The summed E-state index contributed by atoms with van der Waals surface area (Å²) in [5.74, 6) is 0.0627. The predicted molar refractivity (Wildman–Crippen MR) is 71.9 cm³/mol. The number of hydrogen-bond acceptors (Lipinski definition) is 4. The molecule has 1 aromatic rings. The van der Waals surface area contributed by atoms with E-state index in [2.05, 4.69) is 11.6 Å². The zero-order valence-electron chi connectivity index (χ0n) is 10.5. The second-order valence-corrected chi connectivity index (χ2v) is 5.55. The van der Waals surface area contributed by atoms with Crippen molar-refractivity contribution in [3.8, 4) is 0 Å². The molecule has 3 heterocycles. The molecule has 3 rings (SSSR count). The number of carbonyl (C=O) groups excluding carboxylic acids is 2. The average Bonchev–Trinajstić information content (AvgIpc) is 3.08. The quantitative estimate of drug-likeness (QED) is 0.779. The first-order valence-electron chi connectivity index (χ1n) is 6.32. The van der Waals surface area contributed by atoms with E-state index in [-0.39, 0.29) is 23.9 Å². The number of amides is 2. The molecule has 2 fully saturated rings. The molecule has 100 valence electrons. The van der Waals surface area contributed by atoms with Crippen LogP contribution in [0.1, 0.15) is 23.3 Å². The van der Waals surface area contributed by atoms with Crippen LogP contribution in [0.4, 0.5) is 0 Å². The Bertz CT molecular complexity index is 514. The highest BCUT2D eigenvalue weighted by Gasteiger charge is 2.48. The molecule has 0 radical (unpaired) electrons. The number of likely N-dealkylation sites (tertiary alicyclic amines) is 2. The van der Waals surface area contributed by atoms with Crippen molar-refractivity contribution < 1.29 is 9.59 Å². The second kappa shape index (κ2) is 4.77. The van der Waals surface area contributed by atoms with Crippen LogP contribution in [0.15, 0.2) is 23.5 Å². The van der Waals surface area contributed by atoms with Crippen LogP contribution in [0.5, 0.6) is 0 Å². The largest absolute Gasteiger partial charge is 0.334 e. The van der Waals surface area contributed by atoms with Crippen molar-refractivity contribution in [3.63, 3.8) is 0 Å². The van der Waals surface area contributed by atoms with Gasteiger partial charge in [-0.25, -0.2) is 4.98 Å². The first kappa shape index (κ1) is 12.3. The fourth-order valence-corrected chi connectivity index (χ4v) is 3.55. The molecule has 0 aromatic carbocycles. The van der Waals surface area contributed by atoms with Gasteiger partial charge in [-0.2, -0.15) is 0 Å². The zero-order valence-corrected chi connectivity index (χ0v) is 11.3. The van der Waals surface area contributed by atoms with Gasteiger partial charge in [-0.1, -0.05) is 6.08 Å². The highest BCUT2D eigenvalue weighted by Crippen LogP contribution is 2.33. The molecular weight excluding hydrogens is 262 g/mol. The van der Waals surface area contributed by atoms with E-state index in [0.29, 0.717) is 25.2 Å². The van der Waals surface area contributed by atoms with Crippen LogP contribution in [0.25, 0.3) is 0 Å². The summed E-state index contributed by atoms with van der Waals surface area (Å²) in [7, 11) is 0. The van der Waals surface area contributed by atoms with E-state index in [4.69, 9.17) is 0 Å². The Labute approximate surface area is 115 Å². The standard InChI is InChI=1S/C13H15N3O2S/c1-2-4-15-10-3-5-16(11(10)6-12(15)17)13(18)9-7-19-8-14-9/h2,7-8,10-11H,1,3-6H2/t10-,11+/m1/s1. The maximum Gasteiger partial charge on any atom is 0.273 e. The van der Waals surface area contributed by atoms with E-state index >= 15 is 0 Å². The third kappa shape index (κ3) is 1.96. The first-order valence-corrected chi connectivity index (χ1v) is 7.26. The van der Waals surface area contributed by atoms with E-state index in [1.165, 1.54) is 11.3 Å². The van der Waals surface area contributed by atoms with Crippen LogP contribution in [-0.4, -0.2) is 51.8 Å². The molecule has 2 aliphatic heterocycles. The highest BCUT2D eigenvalue weighted by molar-refractivity contribution is 7.07. The summed E-state index contributed by atoms with van der Waals surface area (Å²) in [5, 5.41) is 1.76.